The fourth-order valence-corrected chi connectivity index (χ4v) is 2.08. The Balaban J connectivity index is 1.96. The number of nitrogens with one attached hydrogen (secondary N) is 1. The van der Waals surface area contributed by atoms with Gasteiger partial charge in [0.05, 0.1) is 22.8 Å². The summed E-state index contributed by atoms with van der Waals surface area (Å²) in [7, 11) is 1.52. The summed E-state index contributed by atoms with van der Waals surface area (Å²) in [6.07, 6.45) is 0. The highest BCUT2D eigenvalue weighted by Gasteiger charge is 2.15. The Morgan fingerprint density at radius 1 is 1.23 bits per heavy atom. The standard InChI is InChI=1S/C17H15FN2O6/c1-25-9-11-3-2-4-12(7-11)17(22)26-10-16(21)19-15-8-13(20(23)24)5-6-14(15)18/h2-8H,9-10H2,1H3,(H,19,21). The van der Waals surface area contributed by atoms with Gasteiger partial charge in [0, 0.05) is 19.2 Å². The fraction of sp³-hybridized carbons (Fsp3) is 0.176. The van der Waals surface area contributed by atoms with Crippen molar-refractivity contribution in [1.29, 1.82) is 0 Å². The SMILES string of the molecule is COCc1cccc(C(=O)OCC(=O)Nc2cc([N+](=O)[O-])ccc2F)c1. The van der Waals surface area contributed by atoms with E-state index in [1.165, 1.54) is 13.2 Å². The lowest BCUT2D eigenvalue weighted by Gasteiger charge is -2.08. The number of nitro groups is 1. The van der Waals surface area contributed by atoms with E-state index in [0.29, 0.717) is 6.61 Å². The van der Waals surface area contributed by atoms with Crippen molar-refractivity contribution >= 4 is 23.3 Å². The topological polar surface area (TPSA) is 108 Å². The quantitative estimate of drug-likeness (QED) is 0.461. The van der Waals surface area contributed by atoms with Crippen molar-refractivity contribution in [3.8, 4) is 0 Å². The van der Waals surface area contributed by atoms with E-state index in [9.17, 15) is 24.1 Å². The van der Waals surface area contributed by atoms with Crippen LogP contribution in [0.4, 0.5) is 15.8 Å². The number of hydrogen-bond acceptors (Lipinski definition) is 6. The molecule has 136 valence electrons. The third-order valence-electron chi connectivity index (χ3n) is 3.24. The van der Waals surface area contributed by atoms with Crippen LogP contribution in [-0.2, 0) is 20.9 Å². The normalized spacial score (nSPS) is 10.2. The van der Waals surface area contributed by atoms with Gasteiger partial charge in [0.15, 0.2) is 6.61 Å². The molecule has 0 aromatic heterocycles. The molecular formula is C17H15FN2O6. The lowest BCUT2D eigenvalue weighted by atomic mass is 10.1. The number of hydrogen-bond donors (Lipinski definition) is 1. The molecule has 0 unspecified atom stereocenters. The van der Waals surface area contributed by atoms with Crippen molar-refractivity contribution in [3.63, 3.8) is 0 Å². The number of ether oxygens (including phenoxy) is 2. The molecule has 9 heteroatoms. The first-order valence-corrected chi connectivity index (χ1v) is 7.39. The molecule has 2 rings (SSSR count). The minimum absolute atomic E-state index is 0.230. The first-order chi connectivity index (χ1) is 12.4. The highest BCUT2D eigenvalue weighted by Crippen LogP contribution is 2.21. The lowest BCUT2D eigenvalue weighted by molar-refractivity contribution is -0.384. The molecule has 0 radical (unpaired) electrons. The van der Waals surface area contributed by atoms with Crippen LogP contribution in [-0.4, -0.2) is 30.5 Å². The molecule has 2 aromatic rings. The summed E-state index contributed by atoms with van der Waals surface area (Å²) in [6, 6.07) is 9.19. The number of halogens is 1. The molecule has 0 saturated carbocycles. The molecule has 0 saturated heterocycles. The van der Waals surface area contributed by atoms with Gasteiger partial charge in [-0.05, 0) is 23.8 Å². The van der Waals surface area contributed by atoms with Crippen LogP contribution < -0.4 is 5.32 Å². The summed E-state index contributed by atoms with van der Waals surface area (Å²) < 4.78 is 23.4. The Bertz CT molecular complexity index is 840. The molecule has 0 spiro atoms. The number of benzene rings is 2. The third kappa shape index (κ3) is 5.08. The molecule has 0 bridgehead atoms. The van der Waals surface area contributed by atoms with Crippen LogP contribution >= 0.6 is 0 Å². The Morgan fingerprint density at radius 3 is 2.69 bits per heavy atom. The molecule has 1 amide bonds. The van der Waals surface area contributed by atoms with Crippen LogP contribution in [0.15, 0.2) is 42.5 Å². The van der Waals surface area contributed by atoms with E-state index in [1.54, 1.807) is 18.2 Å². The number of amides is 1. The number of carbonyl (C=O) groups is 2. The maximum Gasteiger partial charge on any atom is 0.338 e. The zero-order valence-corrected chi connectivity index (χ0v) is 13.7. The molecule has 0 fully saturated rings. The number of nitro benzene ring substituents is 1. The maximum absolute atomic E-state index is 13.6. The Labute approximate surface area is 147 Å². The first-order valence-electron chi connectivity index (χ1n) is 7.39. The second-order valence-electron chi connectivity index (χ2n) is 5.18. The van der Waals surface area contributed by atoms with E-state index in [0.717, 1.165) is 23.8 Å². The predicted molar refractivity (Wildman–Crippen MR) is 89.1 cm³/mol. The van der Waals surface area contributed by atoms with Gasteiger partial charge in [0.2, 0.25) is 0 Å². The zero-order chi connectivity index (χ0) is 19.1. The van der Waals surface area contributed by atoms with Crippen molar-refractivity contribution in [2.24, 2.45) is 0 Å². The largest absolute Gasteiger partial charge is 0.452 e. The van der Waals surface area contributed by atoms with Crippen molar-refractivity contribution in [3.05, 3.63) is 69.5 Å². The first kappa shape index (κ1) is 19.0. The predicted octanol–water partition coefficient (Wildman–Crippen LogP) is 2.68. The molecule has 0 aliphatic heterocycles. The highest BCUT2D eigenvalue weighted by molar-refractivity contribution is 5.95. The van der Waals surface area contributed by atoms with Crippen molar-refractivity contribution in [1.82, 2.24) is 0 Å². The van der Waals surface area contributed by atoms with E-state index < -0.39 is 29.2 Å². The number of anilines is 1. The van der Waals surface area contributed by atoms with E-state index in [1.807, 2.05) is 0 Å². The number of methoxy groups -OCH3 is 1. The minimum atomic E-state index is -0.845. The van der Waals surface area contributed by atoms with Crippen LogP contribution in [0.3, 0.4) is 0 Å². The maximum atomic E-state index is 13.6. The lowest BCUT2D eigenvalue weighted by Crippen LogP contribution is -2.21. The number of non-ortho nitro benzene ring substituents is 1. The van der Waals surface area contributed by atoms with Crippen LogP contribution in [0, 0.1) is 15.9 Å². The van der Waals surface area contributed by atoms with Crippen LogP contribution in [0.5, 0.6) is 0 Å². The summed E-state index contributed by atoms with van der Waals surface area (Å²) in [5, 5.41) is 12.8. The molecule has 8 nitrogen and oxygen atoms in total. The molecule has 2 aromatic carbocycles. The summed E-state index contributed by atoms with van der Waals surface area (Å²) >= 11 is 0. The van der Waals surface area contributed by atoms with E-state index in [-0.39, 0.29) is 16.9 Å². The van der Waals surface area contributed by atoms with E-state index in [2.05, 4.69) is 5.32 Å². The van der Waals surface area contributed by atoms with Gasteiger partial charge >= 0.3 is 5.97 Å². The third-order valence-corrected chi connectivity index (χ3v) is 3.24. The minimum Gasteiger partial charge on any atom is -0.452 e. The average Bonchev–Trinajstić information content (AvgIpc) is 2.62. The van der Waals surface area contributed by atoms with Gasteiger partial charge in [0.1, 0.15) is 5.82 Å². The molecule has 0 heterocycles. The summed E-state index contributed by atoms with van der Waals surface area (Å²) in [5.74, 6) is -2.41. The van der Waals surface area contributed by atoms with Gasteiger partial charge < -0.3 is 14.8 Å². The second kappa shape index (κ2) is 8.67. The molecule has 0 atom stereocenters. The van der Waals surface area contributed by atoms with Gasteiger partial charge in [-0.15, -0.1) is 0 Å². The summed E-state index contributed by atoms with van der Waals surface area (Å²) in [4.78, 5) is 33.7. The molecule has 26 heavy (non-hydrogen) atoms. The molecule has 1 N–H and O–H groups in total. The fourth-order valence-electron chi connectivity index (χ4n) is 2.08. The van der Waals surface area contributed by atoms with Gasteiger partial charge in [-0.1, -0.05) is 12.1 Å². The van der Waals surface area contributed by atoms with Gasteiger partial charge in [-0.3, -0.25) is 14.9 Å². The Kier molecular flexibility index (Phi) is 6.34. The average molecular weight is 362 g/mol. The summed E-state index contributed by atoms with van der Waals surface area (Å²) in [5.41, 5.74) is 0.231. The van der Waals surface area contributed by atoms with Crippen molar-refractivity contribution in [2.75, 3.05) is 19.0 Å². The van der Waals surface area contributed by atoms with Crippen LogP contribution in [0.25, 0.3) is 0 Å². The van der Waals surface area contributed by atoms with Crippen LogP contribution in [0.1, 0.15) is 15.9 Å². The van der Waals surface area contributed by atoms with E-state index in [4.69, 9.17) is 9.47 Å². The Hall–Kier alpha value is -3.33. The number of carbonyl (C=O) groups excluding carboxylic acids is 2. The summed E-state index contributed by atoms with van der Waals surface area (Å²) in [6.45, 7) is -0.358. The van der Waals surface area contributed by atoms with Gasteiger partial charge in [-0.2, -0.15) is 0 Å². The smallest absolute Gasteiger partial charge is 0.338 e. The van der Waals surface area contributed by atoms with Crippen molar-refractivity contribution < 1.29 is 28.4 Å². The van der Waals surface area contributed by atoms with E-state index >= 15 is 0 Å². The monoisotopic (exact) mass is 362 g/mol. The van der Waals surface area contributed by atoms with Gasteiger partial charge in [0.25, 0.3) is 11.6 Å². The molecular weight excluding hydrogens is 347 g/mol. The number of nitrogens with zero attached hydrogens (tertiary/aromatic N) is 1. The van der Waals surface area contributed by atoms with Gasteiger partial charge in [-0.25, -0.2) is 9.18 Å². The molecule has 0 aliphatic carbocycles. The second-order valence-corrected chi connectivity index (χ2v) is 5.18. The highest BCUT2D eigenvalue weighted by atomic mass is 19.1. The number of esters is 1. The molecule has 0 aliphatic rings. The van der Waals surface area contributed by atoms with Crippen LogP contribution in [0.2, 0.25) is 0 Å². The van der Waals surface area contributed by atoms with Crippen molar-refractivity contribution in [2.45, 2.75) is 6.61 Å². The number of rotatable bonds is 7. The zero-order valence-electron chi connectivity index (χ0n) is 13.7. The Morgan fingerprint density at radius 2 is 2.00 bits per heavy atom.